The Morgan fingerprint density at radius 2 is 2.06 bits per heavy atom. The molecule has 0 fully saturated rings. The van der Waals surface area contributed by atoms with E-state index >= 15 is 0 Å². The molecule has 0 saturated heterocycles. The maximum atomic E-state index is 10.6. The molecule has 1 aliphatic carbocycles. The summed E-state index contributed by atoms with van der Waals surface area (Å²) in [5.41, 5.74) is 3.95. The van der Waals surface area contributed by atoms with Crippen LogP contribution in [0, 0.1) is 0 Å². The molecule has 1 aromatic carbocycles. The quantitative estimate of drug-likeness (QED) is 0.843. The molecule has 1 aliphatic rings. The smallest absolute Gasteiger partial charge is 0.404 e. The molecule has 0 heterocycles. The maximum absolute atomic E-state index is 10.6. The number of benzene rings is 1. The lowest BCUT2D eigenvalue weighted by Crippen LogP contribution is -2.35. The van der Waals surface area contributed by atoms with E-state index < -0.39 is 6.09 Å². The van der Waals surface area contributed by atoms with Gasteiger partial charge in [0.05, 0.1) is 0 Å². The first-order chi connectivity index (χ1) is 7.99. The van der Waals surface area contributed by atoms with Gasteiger partial charge < -0.3 is 10.4 Å². The number of rotatable bonds is 3. The lowest BCUT2D eigenvalue weighted by atomic mass is 9.83. The van der Waals surface area contributed by atoms with E-state index in [1.165, 1.54) is 29.5 Å². The molecule has 0 spiro atoms. The highest BCUT2D eigenvalue weighted by atomic mass is 16.4. The zero-order valence-electron chi connectivity index (χ0n) is 10.4. The fraction of sp³-hybridized carbons (Fsp3) is 0.500. The van der Waals surface area contributed by atoms with Crippen LogP contribution < -0.4 is 5.32 Å². The first-order valence-corrected chi connectivity index (χ1v) is 6.08. The molecular formula is C14H19NO2. The van der Waals surface area contributed by atoms with E-state index in [0.717, 1.165) is 6.42 Å². The molecule has 0 radical (unpaired) electrons. The van der Waals surface area contributed by atoms with Crippen molar-refractivity contribution >= 4 is 6.09 Å². The highest BCUT2D eigenvalue weighted by Gasteiger charge is 2.23. The Hall–Kier alpha value is -1.51. The summed E-state index contributed by atoms with van der Waals surface area (Å²) in [5.74, 6) is 0. The van der Waals surface area contributed by atoms with Crippen LogP contribution in [0.25, 0.3) is 0 Å². The number of hydrogen-bond acceptors (Lipinski definition) is 1. The van der Waals surface area contributed by atoms with Crippen molar-refractivity contribution in [1.82, 2.24) is 5.32 Å². The molecule has 3 heteroatoms. The predicted molar refractivity (Wildman–Crippen MR) is 67.5 cm³/mol. The zero-order chi connectivity index (χ0) is 12.5. The van der Waals surface area contributed by atoms with Gasteiger partial charge in [-0.1, -0.05) is 32.0 Å². The number of aryl methyl sites for hydroxylation is 2. The number of carbonyl (C=O) groups is 1. The normalized spacial score (nSPS) is 14.5. The Bertz CT molecular complexity index is 438. The van der Waals surface area contributed by atoms with Gasteiger partial charge in [-0.2, -0.15) is 0 Å². The third kappa shape index (κ3) is 2.60. The molecule has 2 N–H and O–H groups in total. The molecule has 0 saturated carbocycles. The molecule has 92 valence electrons. The van der Waals surface area contributed by atoms with Crippen LogP contribution >= 0.6 is 0 Å². The number of amides is 1. The zero-order valence-corrected chi connectivity index (χ0v) is 10.4. The number of hydrogen-bond donors (Lipinski definition) is 2. The van der Waals surface area contributed by atoms with Gasteiger partial charge in [-0.05, 0) is 36.0 Å². The molecule has 0 bridgehead atoms. The van der Waals surface area contributed by atoms with E-state index in [1.54, 1.807) is 0 Å². The van der Waals surface area contributed by atoms with Crippen molar-refractivity contribution < 1.29 is 9.90 Å². The minimum atomic E-state index is -0.959. The summed E-state index contributed by atoms with van der Waals surface area (Å²) in [7, 11) is 0. The van der Waals surface area contributed by atoms with Crippen molar-refractivity contribution in [2.24, 2.45) is 0 Å². The van der Waals surface area contributed by atoms with Gasteiger partial charge >= 0.3 is 6.09 Å². The lowest BCUT2D eigenvalue weighted by Gasteiger charge is -2.25. The molecular weight excluding hydrogens is 214 g/mol. The van der Waals surface area contributed by atoms with Crippen molar-refractivity contribution in [2.75, 3.05) is 6.54 Å². The van der Waals surface area contributed by atoms with Crippen LogP contribution in [0.3, 0.4) is 0 Å². The molecule has 1 aromatic rings. The van der Waals surface area contributed by atoms with Gasteiger partial charge in [0.25, 0.3) is 0 Å². The second-order valence-electron chi connectivity index (χ2n) is 5.38. The van der Waals surface area contributed by atoms with Crippen LogP contribution in [0.15, 0.2) is 18.2 Å². The van der Waals surface area contributed by atoms with Crippen molar-refractivity contribution in [3.05, 3.63) is 34.9 Å². The fourth-order valence-corrected chi connectivity index (χ4v) is 2.39. The average Bonchev–Trinajstić information content (AvgIpc) is 2.73. The van der Waals surface area contributed by atoms with Crippen molar-refractivity contribution in [3.63, 3.8) is 0 Å². The number of fused-ring (bicyclic) bond motifs is 1. The molecule has 17 heavy (non-hydrogen) atoms. The SMILES string of the molecule is CC(C)(CNC(=O)O)c1ccc2c(c1)CCC2. The summed E-state index contributed by atoms with van der Waals surface area (Å²) in [6.45, 7) is 4.58. The summed E-state index contributed by atoms with van der Waals surface area (Å²) in [6.07, 6.45) is 2.63. The molecule has 0 unspecified atom stereocenters. The van der Waals surface area contributed by atoms with Crippen LogP contribution in [0.2, 0.25) is 0 Å². The van der Waals surface area contributed by atoms with Gasteiger partial charge in [-0.15, -0.1) is 0 Å². The largest absolute Gasteiger partial charge is 0.465 e. The number of carboxylic acid groups (broad SMARTS) is 1. The maximum Gasteiger partial charge on any atom is 0.404 e. The Morgan fingerprint density at radius 3 is 2.76 bits per heavy atom. The van der Waals surface area contributed by atoms with E-state index in [4.69, 9.17) is 5.11 Å². The van der Waals surface area contributed by atoms with Gasteiger partial charge in [-0.25, -0.2) is 4.79 Å². The lowest BCUT2D eigenvalue weighted by molar-refractivity contribution is 0.192. The molecule has 3 nitrogen and oxygen atoms in total. The second-order valence-corrected chi connectivity index (χ2v) is 5.38. The van der Waals surface area contributed by atoms with E-state index in [1.807, 2.05) is 0 Å². The van der Waals surface area contributed by atoms with E-state index in [0.29, 0.717) is 6.54 Å². The standard InChI is InChI=1S/C14H19NO2/c1-14(2,9-15-13(16)17)12-7-6-10-4-3-5-11(10)8-12/h6-8,15H,3-5,9H2,1-2H3,(H,16,17). The van der Waals surface area contributed by atoms with Crippen LogP contribution in [0.5, 0.6) is 0 Å². The summed E-state index contributed by atoms with van der Waals surface area (Å²) in [4.78, 5) is 10.6. The minimum Gasteiger partial charge on any atom is -0.465 e. The Morgan fingerprint density at radius 1 is 1.35 bits per heavy atom. The molecule has 0 aromatic heterocycles. The third-order valence-corrected chi connectivity index (χ3v) is 3.56. The van der Waals surface area contributed by atoms with Gasteiger partial charge in [-0.3, -0.25) is 0 Å². The molecule has 1 amide bonds. The summed E-state index contributed by atoms with van der Waals surface area (Å²) in [6, 6.07) is 6.57. The number of nitrogens with one attached hydrogen (secondary N) is 1. The van der Waals surface area contributed by atoms with Crippen LogP contribution in [-0.4, -0.2) is 17.7 Å². The first-order valence-electron chi connectivity index (χ1n) is 6.08. The third-order valence-electron chi connectivity index (χ3n) is 3.56. The Labute approximate surface area is 102 Å². The van der Waals surface area contributed by atoms with Crippen LogP contribution in [0.4, 0.5) is 4.79 Å². The highest BCUT2D eigenvalue weighted by molar-refractivity contribution is 5.64. The van der Waals surface area contributed by atoms with Gasteiger partial charge in [0.1, 0.15) is 0 Å². The Balaban J connectivity index is 2.18. The van der Waals surface area contributed by atoms with Crippen molar-refractivity contribution in [1.29, 1.82) is 0 Å². The second kappa shape index (κ2) is 4.40. The Kier molecular flexibility index (Phi) is 3.09. The molecule has 2 rings (SSSR count). The van der Waals surface area contributed by atoms with Crippen LogP contribution in [-0.2, 0) is 18.3 Å². The summed E-state index contributed by atoms with van der Waals surface area (Å²) in [5, 5.41) is 11.1. The molecule has 0 atom stereocenters. The minimum absolute atomic E-state index is 0.157. The summed E-state index contributed by atoms with van der Waals surface area (Å²) >= 11 is 0. The topological polar surface area (TPSA) is 49.3 Å². The van der Waals surface area contributed by atoms with Gasteiger partial charge in [0, 0.05) is 12.0 Å². The van der Waals surface area contributed by atoms with E-state index in [2.05, 4.69) is 37.4 Å². The molecule has 0 aliphatic heterocycles. The fourth-order valence-electron chi connectivity index (χ4n) is 2.39. The monoisotopic (exact) mass is 233 g/mol. The van der Waals surface area contributed by atoms with Crippen LogP contribution in [0.1, 0.15) is 37.0 Å². The van der Waals surface area contributed by atoms with Gasteiger partial charge in [0.15, 0.2) is 0 Å². The van der Waals surface area contributed by atoms with Crippen molar-refractivity contribution in [3.8, 4) is 0 Å². The van der Waals surface area contributed by atoms with E-state index in [-0.39, 0.29) is 5.41 Å². The van der Waals surface area contributed by atoms with Crippen molar-refractivity contribution in [2.45, 2.75) is 38.5 Å². The average molecular weight is 233 g/mol. The van der Waals surface area contributed by atoms with Gasteiger partial charge in [0.2, 0.25) is 0 Å². The predicted octanol–water partition coefficient (Wildman–Crippen LogP) is 2.72. The first kappa shape index (κ1) is 12.0. The van der Waals surface area contributed by atoms with E-state index in [9.17, 15) is 4.79 Å². The summed E-state index contributed by atoms with van der Waals surface area (Å²) < 4.78 is 0. The highest BCUT2D eigenvalue weighted by Crippen LogP contribution is 2.29.